The van der Waals surface area contributed by atoms with Crippen LogP contribution >= 0.6 is 0 Å². The summed E-state index contributed by atoms with van der Waals surface area (Å²) in [5, 5.41) is 21.1. The van der Waals surface area contributed by atoms with Crippen LogP contribution in [0.15, 0.2) is 0 Å². The second-order valence-corrected chi connectivity index (χ2v) is 6.42. The SMILES string of the molecule is CCC(O)(CC)C1OC(N(C)C)CC(C)(C)C1O. The van der Waals surface area contributed by atoms with Crippen LogP contribution in [0.1, 0.15) is 47.0 Å². The second-order valence-electron chi connectivity index (χ2n) is 6.42. The Balaban J connectivity index is 3.01. The van der Waals surface area contributed by atoms with E-state index in [2.05, 4.69) is 0 Å². The summed E-state index contributed by atoms with van der Waals surface area (Å²) in [7, 11) is 3.93. The zero-order valence-corrected chi connectivity index (χ0v) is 12.6. The van der Waals surface area contributed by atoms with Gasteiger partial charge in [-0.15, -0.1) is 0 Å². The average Bonchev–Trinajstić information content (AvgIpc) is 2.31. The molecule has 0 aromatic heterocycles. The van der Waals surface area contributed by atoms with Crippen molar-refractivity contribution in [1.82, 2.24) is 4.90 Å². The highest BCUT2D eigenvalue weighted by atomic mass is 16.5. The highest BCUT2D eigenvalue weighted by Crippen LogP contribution is 2.41. The van der Waals surface area contributed by atoms with E-state index in [1.165, 1.54) is 0 Å². The molecule has 1 heterocycles. The van der Waals surface area contributed by atoms with E-state index in [1.807, 2.05) is 46.7 Å². The van der Waals surface area contributed by atoms with Crippen LogP contribution in [0.4, 0.5) is 0 Å². The van der Waals surface area contributed by atoms with Gasteiger partial charge in [-0.25, -0.2) is 0 Å². The van der Waals surface area contributed by atoms with Gasteiger partial charge in [0.25, 0.3) is 0 Å². The van der Waals surface area contributed by atoms with Gasteiger partial charge in [-0.05, 0) is 38.8 Å². The average molecular weight is 259 g/mol. The van der Waals surface area contributed by atoms with Crippen molar-refractivity contribution in [3.8, 4) is 0 Å². The molecule has 1 rings (SSSR count). The topological polar surface area (TPSA) is 52.9 Å². The lowest BCUT2D eigenvalue weighted by molar-refractivity contribution is -0.260. The fourth-order valence-corrected chi connectivity index (χ4v) is 2.65. The van der Waals surface area contributed by atoms with Crippen molar-refractivity contribution in [2.24, 2.45) is 5.41 Å². The molecule has 1 fully saturated rings. The van der Waals surface area contributed by atoms with Crippen molar-refractivity contribution in [2.75, 3.05) is 14.1 Å². The Morgan fingerprint density at radius 2 is 1.78 bits per heavy atom. The Morgan fingerprint density at radius 1 is 1.28 bits per heavy atom. The van der Waals surface area contributed by atoms with E-state index in [0.29, 0.717) is 12.8 Å². The molecule has 0 bridgehead atoms. The van der Waals surface area contributed by atoms with Crippen LogP contribution in [0.5, 0.6) is 0 Å². The lowest BCUT2D eigenvalue weighted by Gasteiger charge is -2.51. The molecule has 0 aromatic carbocycles. The highest BCUT2D eigenvalue weighted by Gasteiger charge is 2.51. The predicted octanol–water partition coefficient (Wildman–Crippen LogP) is 1.60. The molecule has 18 heavy (non-hydrogen) atoms. The Labute approximate surface area is 111 Å². The van der Waals surface area contributed by atoms with E-state index in [0.717, 1.165) is 6.42 Å². The summed E-state index contributed by atoms with van der Waals surface area (Å²) in [6.07, 6.45) is 0.713. The first-order chi connectivity index (χ1) is 8.18. The van der Waals surface area contributed by atoms with E-state index in [1.54, 1.807) is 0 Å². The van der Waals surface area contributed by atoms with Gasteiger partial charge < -0.3 is 14.9 Å². The quantitative estimate of drug-likeness (QED) is 0.805. The minimum Gasteiger partial charge on any atom is -0.390 e. The molecule has 0 aromatic rings. The lowest BCUT2D eigenvalue weighted by atomic mass is 9.72. The monoisotopic (exact) mass is 259 g/mol. The van der Waals surface area contributed by atoms with Crippen LogP contribution in [0.25, 0.3) is 0 Å². The first-order valence-corrected chi connectivity index (χ1v) is 6.90. The summed E-state index contributed by atoms with van der Waals surface area (Å²) in [5.74, 6) is 0. The first-order valence-electron chi connectivity index (χ1n) is 6.90. The summed E-state index contributed by atoms with van der Waals surface area (Å²) in [5.41, 5.74) is -1.21. The molecule has 3 atom stereocenters. The summed E-state index contributed by atoms with van der Waals surface area (Å²) in [6, 6.07) is 0. The lowest BCUT2D eigenvalue weighted by Crippen LogP contribution is -2.61. The van der Waals surface area contributed by atoms with E-state index < -0.39 is 17.8 Å². The molecule has 0 radical (unpaired) electrons. The van der Waals surface area contributed by atoms with Gasteiger partial charge in [-0.2, -0.15) is 0 Å². The van der Waals surface area contributed by atoms with E-state index in [4.69, 9.17) is 4.74 Å². The van der Waals surface area contributed by atoms with Crippen LogP contribution in [0.3, 0.4) is 0 Å². The molecule has 3 unspecified atom stereocenters. The number of aliphatic hydroxyl groups excluding tert-OH is 1. The smallest absolute Gasteiger partial charge is 0.115 e. The molecule has 4 heteroatoms. The van der Waals surface area contributed by atoms with Crippen LogP contribution in [0, 0.1) is 5.41 Å². The van der Waals surface area contributed by atoms with Crippen molar-refractivity contribution in [2.45, 2.75) is 71.0 Å². The van der Waals surface area contributed by atoms with Crippen molar-refractivity contribution in [1.29, 1.82) is 0 Å². The summed E-state index contributed by atoms with van der Waals surface area (Å²) in [6.45, 7) is 7.95. The number of hydrogen-bond donors (Lipinski definition) is 2. The summed E-state index contributed by atoms with van der Waals surface area (Å²) < 4.78 is 5.97. The molecule has 2 N–H and O–H groups in total. The largest absolute Gasteiger partial charge is 0.390 e. The van der Waals surface area contributed by atoms with Gasteiger partial charge in [-0.3, -0.25) is 4.90 Å². The molecule has 0 saturated carbocycles. The first kappa shape index (κ1) is 15.9. The third kappa shape index (κ3) is 2.87. The van der Waals surface area contributed by atoms with Crippen LogP contribution in [-0.2, 0) is 4.74 Å². The molecule has 1 saturated heterocycles. The normalized spacial score (nSPS) is 32.8. The van der Waals surface area contributed by atoms with Gasteiger partial charge in [0.2, 0.25) is 0 Å². The van der Waals surface area contributed by atoms with Crippen molar-refractivity contribution >= 4 is 0 Å². The third-order valence-electron chi connectivity index (χ3n) is 4.42. The Morgan fingerprint density at radius 3 is 2.17 bits per heavy atom. The van der Waals surface area contributed by atoms with Gasteiger partial charge in [0.05, 0.1) is 11.7 Å². The zero-order chi connectivity index (χ0) is 14.1. The van der Waals surface area contributed by atoms with Crippen LogP contribution < -0.4 is 0 Å². The number of rotatable bonds is 4. The van der Waals surface area contributed by atoms with E-state index in [9.17, 15) is 10.2 Å². The number of aliphatic hydroxyl groups is 2. The molecule has 108 valence electrons. The van der Waals surface area contributed by atoms with Crippen molar-refractivity contribution in [3.63, 3.8) is 0 Å². The fourth-order valence-electron chi connectivity index (χ4n) is 2.65. The van der Waals surface area contributed by atoms with Crippen LogP contribution in [0.2, 0.25) is 0 Å². The van der Waals surface area contributed by atoms with E-state index in [-0.39, 0.29) is 11.6 Å². The predicted molar refractivity (Wildman–Crippen MR) is 72.3 cm³/mol. The zero-order valence-electron chi connectivity index (χ0n) is 12.6. The Bertz CT molecular complexity index is 274. The van der Waals surface area contributed by atoms with Crippen molar-refractivity contribution < 1.29 is 14.9 Å². The maximum absolute atomic E-state index is 10.7. The molecule has 4 nitrogen and oxygen atoms in total. The number of ether oxygens (including phenoxy) is 1. The standard InChI is InChI=1S/C14H29NO3/c1-7-14(17,8-2)12-11(16)13(3,4)9-10(18-12)15(5)6/h10-12,16-17H,7-9H2,1-6H3. The maximum Gasteiger partial charge on any atom is 0.115 e. The molecular formula is C14H29NO3. The Hall–Kier alpha value is -0.160. The van der Waals surface area contributed by atoms with Gasteiger partial charge >= 0.3 is 0 Å². The Kier molecular flexibility index (Phi) is 4.81. The molecule has 1 aliphatic rings. The maximum atomic E-state index is 10.7. The highest BCUT2D eigenvalue weighted by molar-refractivity contribution is 4.99. The van der Waals surface area contributed by atoms with Gasteiger partial charge in [0, 0.05) is 0 Å². The molecular weight excluding hydrogens is 230 g/mol. The van der Waals surface area contributed by atoms with Gasteiger partial charge in [0.15, 0.2) is 0 Å². The van der Waals surface area contributed by atoms with Crippen molar-refractivity contribution in [3.05, 3.63) is 0 Å². The van der Waals surface area contributed by atoms with Gasteiger partial charge in [0.1, 0.15) is 12.3 Å². The third-order valence-corrected chi connectivity index (χ3v) is 4.42. The summed E-state index contributed by atoms with van der Waals surface area (Å²) >= 11 is 0. The van der Waals surface area contributed by atoms with Crippen LogP contribution in [-0.4, -0.2) is 53.2 Å². The molecule has 0 aliphatic carbocycles. The van der Waals surface area contributed by atoms with Gasteiger partial charge in [-0.1, -0.05) is 27.7 Å². The fraction of sp³-hybridized carbons (Fsp3) is 1.00. The number of nitrogens with zero attached hydrogens (tertiary/aromatic N) is 1. The summed E-state index contributed by atoms with van der Waals surface area (Å²) in [4.78, 5) is 2.01. The number of hydrogen-bond acceptors (Lipinski definition) is 4. The minimum absolute atomic E-state index is 0.0574. The molecule has 0 amide bonds. The van der Waals surface area contributed by atoms with E-state index >= 15 is 0 Å². The molecule has 0 spiro atoms. The molecule has 1 aliphatic heterocycles. The second kappa shape index (κ2) is 5.45. The minimum atomic E-state index is -0.953.